The molecule has 0 aliphatic rings. The van der Waals surface area contributed by atoms with Crippen molar-refractivity contribution in [2.75, 3.05) is 0 Å². The zero-order valence-corrected chi connectivity index (χ0v) is 8.01. The van der Waals surface area contributed by atoms with E-state index in [1.54, 1.807) is 12.4 Å². The second-order valence-corrected chi connectivity index (χ2v) is 3.37. The monoisotopic (exact) mass is 214 g/mol. The first-order valence-corrected chi connectivity index (χ1v) is 4.39. The maximum absolute atomic E-state index is 5.80. The van der Waals surface area contributed by atoms with Crippen molar-refractivity contribution in [1.29, 1.82) is 0 Å². The molecule has 0 aromatic carbocycles. The fourth-order valence-electron chi connectivity index (χ4n) is 0.867. The number of hydrogen-bond acceptors (Lipinski definition) is 2. The van der Waals surface area contributed by atoms with E-state index < -0.39 is 0 Å². The van der Waals surface area contributed by atoms with Gasteiger partial charge < -0.3 is 5.73 Å². The van der Waals surface area contributed by atoms with Gasteiger partial charge in [-0.25, -0.2) is 0 Å². The minimum absolute atomic E-state index is 0.111. The van der Waals surface area contributed by atoms with Gasteiger partial charge in [0.15, 0.2) is 0 Å². The summed E-state index contributed by atoms with van der Waals surface area (Å²) in [5.74, 6) is 0. The quantitative estimate of drug-likeness (QED) is 0.821. The van der Waals surface area contributed by atoms with E-state index >= 15 is 0 Å². The van der Waals surface area contributed by atoms with Crippen LogP contribution in [0, 0.1) is 0 Å². The molecule has 0 bridgehead atoms. The van der Waals surface area contributed by atoms with E-state index in [0.717, 1.165) is 16.5 Å². The maximum atomic E-state index is 5.80. The number of nitrogens with two attached hydrogens (primary N) is 1. The van der Waals surface area contributed by atoms with Crippen LogP contribution in [0.4, 0.5) is 0 Å². The Balaban J connectivity index is 2.86. The molecule has 0 amide bonds. The van der Waals surface area contributed by atoms with Gasteiger partial charge in [0, 0.05) is 22.9 Å². The Kier molecular flexibility index (Phi) is 3.02. The van der Waals surface area contributed by atoms with Crippen molar-refractivity contribution in [2.45, 2.75) is 19.4 Å². The van der Waals surface area contributed by atoms with Gasteiger partial charge >= 0.3 is 0 Å². The molecule has 0 aliphatic heterocycles. The number of aromatic nitrogens is 1. The van der Waals surface area contributed by atoms with Gasteiger partial charge in [0.2, 0.25) is 0 Å². The number of nitrogens with zero attached hydrogens (tertiary/aromatic N) is 1. The molecule has 3 heteroatoms. The van der Waals surface area contributed by atoms with E-state index in [4.69, 9.17) is 5.73 Å². The summed E-state index contributed by atoms with van der Waals surface area (Å²) in [6, 6.07) is 2.11. The van der Waals surface area contributed by atoms with Crippen molar-refractivity contribution >= 4 is 15.9 Å². The minimum Gasteiger partial charge on any atom is -0.324 e. The molecule has 1 rings (SSSR count). The number of rotatable bonds is 2. The predicted molar refractivity (Wildman–Crippen MR) is 49.2 cm³/mol. The molecule has 1 aromatic rings. The molecule has 11 heavy (non-hydrogen) atoms. The summed E-state index contributed by atoms with van der Waals surface area (Å²) in [6.45, 7) is 2.06. The fourth-order valence-corrected chi connectivity index (χ4v) is 1.25. The smallest absolute Gasteiger partial charge is 0.0410 e. The van der Waals surface area contributed by atoms with E-state index in [-0.39, 0.29) is 6.04 Å². The highest BCUT2D eigenvalue weighted by Gasteiger charge is 2.02. The fraction of sp³-hybridized carbons (Fsp3) is 0.375. The highest BCUT2D eigenvalue weighted by molar-refractivity contribution is 9.10. The van der Waals surface area contributed by atoms with Crippen LogP contribution >= 0.6 is 15.9 Å². The van der Waals surface area contributed by atoms with E-state index in [9.17, 15) is 0 Å². The molecular formula is C8H11BrN2. The first-order chi connectivity index (χ1) is 5.24. The van der Waals surface area contributed by atoms with Gasteiger partial charge in [0.05, 0.1) is 0 Å². The molecule has 0 fully saturated rings. The zero-order valence-electron chi connectivity index (χ0n) is 6.42. The van der Waals surface area contributed by atoms with Gasteiger partial charge in [-0.1, -0.05) is 6.92 Å². The van der Waals surface area contributed by atoms with Gasteiger partial charge in [0.1, 0.15) is 0 Å². The molecule has 0 aliphatic carbocycles. The van der Waals surface area contributed by atoms with Crippen molar-refractivity contribution < 1.29 is 0 Å². The van der Waals surface area contributed by atoms with Crippen LogP contribution in [-0.2, 0) is 0 Å². The zero-order chi connectivity index (χ0) is 8.27. The summed E-state index contributed by atoms with van der Waals surface area (Å²) in [5.41, 5.74) is 6.89. The molecule has 2 nitrogen and oxygen atoms in total. The predicted octanol–water partition coefficient (Wildman–Crippen LogP) is 2.25. The van der Waals surface area contributed by atoms with E-state index in [0.29, 0.717) is 0 Å². The van der Waals surface area contributed by atoms with Gasteiger partial charge in [-0.15, -0.1) is 0 Å². The van der Waals surface area contributed by atoms with Crippen LogP contribution in [-0.4, -0.2) is 4.98 Å². The third-order valence-corrected chi connectivity index (χ3v) is 2.03. The second kappa shape index (κ2) is 3.83. The molecule has 0 saturated carbocycles. The molecule has 1 heterocycles. The van der Waals surface area contributed by atoms with Crippen LogP contribution in [0.3, 0.4) is 0 Å². The molecule has 60 valence electrons. The summed E-state index contributed by atoms with van der Waals surface area (Å²) in [4.78, 5) is 4.03. The minimum atomic E-state index is 0.111. The highest BCUT2D eigenvalue weighted by atomic mass is 79.9. The average Bonchev–Trinajstić information content (AvgIpc) is 2.03. The topological polar surface area (TPSA) is 38.9 Å². The third kappa shape index (κ3) is 2.27. The Morgan fingerprint density at radius 2 is 2.36 bits per heavy atom. The van der Waals surface area contributed by atoms with Gasteiger partial charge in [-0.2, -0.15) is 0 Å². The molecule has 0 radical (unpaired) electrons. The van der Waals surface area contributed by atoms with Crippen LogP contribution in [0.2, 0.25) is 0 Å². The number of halogens is 1. The summed E-state index contributed by atoms with van der Waals surface area (Å²) >= 11 is 3.34. The Hall–Kier alpha value is -0.410. The molecule has 0 saturated heterocycles. The van der Waals surface area contributed by atoms with Crippen molar-refractivity contribution in [1.82, 2.24) is 4.98 Å². The van der Waals surface area contributed by atoms with Crippen LogP contribution in [0.1, 0.15) is 24.9 Å². The molecule has 2 N–H and O–H groups in total. The van der Waals surface area contributed by atoms with E-state index in [1.165, 1.54) is 0 Å². The molecule has 1 atom stereocenters. The average molecular weight is 215 g/mol. The number of pyridine rings is 1. The normalized spacial score (nSPS) is 13.0. The molecule has 1 aromatic heterocycles. The van der Waals surface area contributed by atoms with Crippen molar-refractivity contribution in [3.63, 3.8) is 0 Å². The highest BCUT2D eigenvalue weighted by Crippen LogP contribution is 2.16. The molecular weight excluding hydrogens is 204 g/mol. The Morgan fingerprint density at radius 1 is 1.64 bits per heavy atom. The lowest BCUT2D eigenvalue weighted by atomic mass is 10.1. The standard InChI is InChI=1S/C8H11BrN2/c1-2-8(10)6-3-7(9)5-11-4-6/h3-5,8H,2,10H2,1H3/t8-/m0/s1. The molecule has 0 unspecified atom stereocenters. The van der Waals surface area contributed by atoms with Gasteiger partial charge in [-0.05, 0) is 34.0 Å². The first-order valence-electron chi connectivity index (χ1n) is 3.60. The lowest BCUT2D eigenvalue weighted by Gasteiger charge is -2.07. The van der Waals surface area contributed by atoms with E-state index in [1.807, 2.05) is 6.07 Å². The maximum Gasteiger partial charge on any atom is 0.0410 e. The van der Waals surface area contributed by atoms with Crippen molar-refractivity contribution in [3.8, 4) is 0 Å². The molecule has 0 spiro atoms. The lowest BCUT2D eigenvalue weighted by Crippen LogP contribution is -2.08. The van der Waals surface area contributed by atoms with Crippen LogP contribution in [0.25, 0.3) is 0 Å². The lowest BCUT2D eigenvalue weighted by molar-refractivity contribution is 0.694. The summed E-state index contributed by atoms with van der Waals surface area (Å²) in [5, 5.41) is 0. The Labute approximate surface area is 75.0 Å². The van der Waals surface area contributed by atoms with Gasteiger partial charge in [0.25, 0.3) is 0 Å². The van der Waals surface area contributed by atoms with E-state index in [2.05, 4.69) is 27.8 Å². The summed E-state index contributed by atoms with van der Waals surface area (Å²) in [6.07, 6.45) is 4.50. The Bertz CT molecular complexity index is 237. The Morgan fingerprint density at radius 3 is 2.91 bits per heavy atom. The van der Waals surface area contributed by atoms with Crippen LogP contribution in [0.5, 0.6) is 0 Å². The van der Waals surface area contributed by atoms with Gasteiger partial charge in [-0.3, -0.25) is 4.98 Å². The number of hydrogen-bond donors (Lipinski definition) is 1. The SMILES string of the molecule is CC[C@H](N)c1cncc(Br)c1. The van der Waals surface area contributed by atoms with Crippen LogP contribution < -0.4 is 5.73 Å². The second-order valence-electron chi connectivity index (χ2n) is 2.45. The third-order valence-electron chi connectivity index (χ3n) is 1.59. The first kappa shape index (κ1) is 8.68. The van der Waals surface area contributed by atoms with Crippen molar-refractivity contribution in [3.05, 3.63) is 28.5 Å². The summed E-state index contributed by atoms with van der Waals surface area (Å²) < 4.78 is 0.985. The summed E-state index contributed by atoms with van der Waals surface area (Å²) in [7, 11) is 0. The largest absolute Gasteiger partial charge is 0.324 e. The van der Waals surface area contributed by atoms with Crippen molar-refractivity contribution in [2.24, 2.45) is 5.73 Å². The van der Waals surface area contributed by atoms with Crippen LogP contribution in [0.15, 0.2) is 22.9 Å².